The summed E-state index contributed by atoms with van der Waals surface area (Å²) in [6.45, 7) is 2.37. The minimum absolute atomic E-state index is 0.0711. The number of aliphatic hydroxyl groups is 1. The molecule has 0 radical (unpaired) electrons. The van der Waals surface area contributed by atoms with Crippen LogP contribution in [-0.2, 0) is 0 Å². The van der Waals surface area contributed by atoms with Crippen LogP contribution in [0.25, 0.3) is 0 Å². The summed E-state index contributed by atoms with van der Waals surface area (Å²) in [6, 6.07) is 13.1. The number of para-hydroxylation sites is 1. The molecule has 1 unspecified atom stereocenters. The zero-order valence-electron chi connectivity index (χ0n) is 13.8. The van der Waals surface area contributed by atoms with Crippen molar-refractivity contribution in [2.75, 3.05) is 6.54 Å². The zero-order valence-corrected chi connectivity index (χ0v) is 13.8. The van der Waals surface area contributed by atoms with Crippen molar-refractivity contribution in [1.29, 1.82) is 0 Å². The standard InChI is InChI=1S/C18H20N3O4/c1-2-20-12-13(11-19)18(22)16-10-14(21(23)24)8-9-17(16)25-15-6-4-3-5-7-15/h3-12,18,21-22H,2,19H2,1H3/q-1. The third kappa shape index (κ3) is 4.88. The first-order chi connectivity index (χ1) is 12.1. The summed E-state index contributed by atoms with van der Waals surface area (Å²) in [4.78, 5) is 4.06. The van der Waals surface area contributed by atoms with E-state index in [0.717, 1.165) is 0 Å². The van der Waals surface area contributed by atoms with Crippen LogP contribution in [0.15, 0.2) is 65.3 Å². The maximum atomic E-state index is 11.2. The number of hydrogen-bond donors (Lipinski definition) is 3. The smallest absolute Gasteiger partial charge is 0.134 e. The van der Waals surface area contributed by atoms with Gasteiger partial charge in [-0.1, -0.05) is 18.2 Å². The minimum Gasteiger partial charge on any atom is -0.628 e. The molecule has 0 amide bonds. The van der Waals surface area contributed by atoms with Crippen molar-refractivity contribution in [2.45, 2.75) is 13.0 Å². The summed E-state index contributed by atoms with van der Waals surface area (Å²) >= 11 is 0. The summed E-state index contributed by atoms with van der Waals surface area (Å²) in [5.74, 6) is 0.866. The molecule has 0 aliphatic rings. The van der Waals surface area contributed by atoms with E-state index in [-0.39, 0.29) is 11.3 Å². The van der Waals surface area contributed by atoms with Crippen molar-refractivity contribution in [3.63, 3.8) is 0 Å². The molecule has 0 aliphatic carbocycles. The number of aliphatic imine (C=N–C) groups is 1. The van der Waals surface area contributed by atoms with Gasteiger partial charge in [0.15, 0.2) is 0 Å². The number of rotatable bonds is 7. The normalized spacial score (nSPS) is 13.4. The Kier molecular flexibility index (Phi) is 6.67. The fourth-order valence-electron chi connectivity index (χ4n) is 2.18. The van der Waals surface area contributed by atoms with Gasteiger partial charge < -0.3 is 31.2 Å². The molecule has 0 spiro atoms. The fourth-order valence-corrected chi connectivity index (χ4v) is 2.18. The lowest BCUT2D eigenvalue weighted by Gasteiger charge is -2.26. The lowest BCUT2D eigenvalue weighted by molar-refractivity contribution is -0.715. The van der Waals surface area contributed by atoms with Crippen molar-refractivity contribution in [3.8, 4) is 11.5 Å². The second-order valence-corrected chi connectivity index (χ2v) is 5.15. The van der Waals surface area contributed by atoms with Crippen LogP contribution in [0.3, 0.4) is 0 Å². The molecular formula is C18H20N3O4-. The maximum Gasteiger partial charge on any atom is 0.134 e. The third-order valence-corrected chi connectivity index (χ3v) is 3.44. The predicted octanol–water partition coefficient (Wildman–Crippen LogP) is 1.96. The number of nitrogens with zero attached hydrogens (tertiary/aromatic N) is 1. The van der Waals surface area contributed by atoms with E-state index >= 15 is 0 Å². The number of nitrogens with one attached hydrogen (secondary N) is 1. The van der Waals surface area contributed by atoms with Crippen LogP contribution in [0, 0.1) is 10.4 Å². The summed E-state index contributed by atoms with van der Waals surface area (Å²) < 4.78 is 5.78. The lowest BCUT2D eigenvalue weighted by atomic mass is 10.0. The van der Waals surface area contributed by atoms with Gasteiger partial charge in [0, 0.05) is 42.2 Å². The Hall–Kier alpha value is -2.71. The molecule has 0 saturated carbocycles. The van der Waals surface area contributed by atoms with E-state index in [2.05, 4.69) is 4.99 Å². The van der Waals surface area contributed by atoms with E-state index in [1.165, 1.54) is 30.6 Å². The minimum atomic E-state index is -1.35. The molecule has 4 N–H and O–H groups in total. The number of aliphatic hydroxyl groups excluding tert-OH is 1. The first-order valence-corrected chi connectivity index (χ1v) is 7.74. The van der Waals surface area contributed by atoms with E-state index in [4.69, 9.17) is 10.5 Å². The van der Waals surface area contributed by atoms with Gasteiger partial charge in [0.05, 0.1) is 0 Å². The highest BCUT2D eigenvalue weighted by molar-refractivity contribution is 5.80. The number of hydrogen-bond acceptors (Lipinski definition) is 6. The fraction of sp³-hybridized carbons (Fsp3) is 0.167. The molecule has 1 atom stereocenters. The van der Waals surface area contributed by atoms with E-state index in [9.17, 15) is 15.5 Å². The second kappa shape index (κ2) is 8.95. The molecule has 0 heterocycles. The van der Waals surface area contributed by atoms with Gasteiger partial charge in [-0.3, -0.25) is 4.99 Å². The largest absolute Gasteiger partial charge is 0.628 e. The van der Waals surface area contributed by atoms with E-state index in [1.54, 1.807) is 24.3 Å². The molecule has 25 heavy (non-hydrogen) atoms. The molecule has 2 aromatic carbocycles. The molecule has 7 nitrogen and oxygen atoms in total. The Morgan fingerprint density at radius 2 is 2.00 bits per heavy atom. The number of quaternary nitrogens is 1. The average Bonchev–Trinajstić information content (AvgIpc) is 2.63. The highest BCUT2D eigenvalue weighted by Crippen LogP contribution is 2.34. The van der Waals surface area contributed by atoms with Crippen LogP contribution >= 0.6 is 0 Å². The van der Waals surface area contributed by atoms with Crippen LogP contribution in [0.5, 0.6) is 11.5 Å². The lowest BCUT2D eigenvalue weighted by Crippen LogP contribution is -2.96. The van der Waals surface area contributed by atoms with Gasteiger partial charge in [-0.05, 0) is 25.1 Å². The summed E-state index contributed by atoms with van der Waals surface area (Å²) in [7, 11) is 0. The van der Waals surface area contributed by atoms with Crippen molar-refractivity contribution >= 4 is 11.9 Å². The maximum absolute atomic E-state index is 11.2. The van der Waals surface area contributed by atoms with Gasteiger partial charge in [0.25, 0.3) is 0 Å². The topological polar surface area (TPSA) is 118 Å². The quantitative estimate of drug-likeness (QED) is 0.525. The monoisotopic (exact) mass is 342 g/mol. The summed E-state index contributed by atoms with van der Waals surface area (Å²) in [6.07, 6.45) is 1.48. The van der Waals surface area contributed by atoms with Gasteiger partial charge in [-0.2, -0.15) is 0 Å². The Morgan fingerprint density at radius 3 is 2.60 bits per heavy atom. The Morgan fingerprint density at radius 1 is 1.28 bits per heavy atom. The highest BCUT2D eigenvalue weighted by Gasteiger charge is 2.19. The molecule has 7 heteroatoms. The molecular weight excluding hydrogens is 322 g/mol. The molecule has 132 valence electrons. The molecule has 2 rings (SSSR count). The van der Waals surface area contributed by atoms with Crippen LogP contribution < -0.4 is 15.7 Å². The van der Waals surface area contributed by atoms with Crippen molar-refractivity contribution in [2.24, 2.45) is 10.7 Å². The summed E-state index contributed by atoms with van der Waals surface area (Å²) in [5.41, 5.74) is 6.08. The number of benzene rings is 2. The first kappa shape index (κ1) is 18.6. The molecule has 0 aliphatic heterocycles. The Labute approximate surface area is 145 Å². The van der Waals surface area contributed by atoms with Gasteiger partial charge >= 0.3 is 0 Å². The van der Waals surface area contributed by atoms with Crippen LogP contribution in [0.2, 0.25) is 0 Å². The average molecular weight is 342 g/mol. The molecule has 2 aromatic rings. The number of ether oxygens (including phenoxy) is 1. The zero-order chi connectivity index (χ0) is 18.2. The predicted molar refractivity (Wildman–Crippen MR) is 96.6 cm³/mol. The molecule has 0 bridgehead atoms. The van der Waals surface area contributed by atoms with E-state index in [1.807, 2.05) is 13.0 Å². The highest BCUT2D eigenvalue weighted by atomic mass is 16.8. The van der Waals surface area contributed by atoms with E-state index in [0.29, 0.717) is 23.6 Å². The SMILES string of the molecule is CCN=CC(=CN)C(O)c1cc([NH+]([O-])[O-])ccc1Oc1ccccc1. The van der Waals surface area contributed by atoms with E-state index < -0.39 is 11.3 Å². The van der Waals surface area contributed by atoms with Crippen LogP contribution in [0.1, 0.15) is 18.6 Å². The van der Waals surface area contributed by atoms with Crippen molar-refractivity contribution in [1.82, 2.24) is 0 Å². The first-order valence-electron chi connectivity index (χ1n) is 7.74. The van der Waals surface area contributed by atoms with Crippen molar-refractivity contribution < 1.29 is 15.1 Å². The van der Waals surface area contributed by atoms with Gasteiger partial charge in [0.1, 0.15) is 23.3 Å². The Bertz CT molecular complexity index is 745. The molecule has 0 aromatic heterocycles. The van der Waals surface area contributed by atoms with Crippen LogP contribution in [0.4, 0.5) is 5.69 Å². The van der Waals surface area contributed by atoms with Gasteiger partial charge in [-0.15, -0.1) is 0 Å². The molecule has 0 fully saturated rings. The van der Waals surface area contributed by atoms with Crippen molar-refractivity contribution in [3.05, 3.63) is 76.3 Å². The molecule has 0 saturated heterocycles. The van der Waals surface area contributed by atoms with Gasteiger partial charge in [-0.25, -0.2) is 0 Å². The third-order valence-electron chi connectivity index (χ3n) is 3.44. The number of nitrogens with two attached hydrogens (primary N) is 1. The summed E-state index contributed by atoms with van der Waals surface area (Å²) in [5, 5.41) is 31.6. The Balaban J connectivity index is 2.44. The van der Waals surface area contributed by atoms with Crippen LogP contribution in [-0.4, -0.2) is 17.9 Å². The second-order valence-electron chi connectivity index (χ2n) is 5.15. The van der Waals surface area contributed by atoms with Gasteiger partial charge in [0.2, 0.25) is 0 Å².